The Hall–Kier alpha value is -1.99. The average molecular weight is 510 g/mol. The van der Waals surface area contributed by atoms with E-state index in [1.165, 1.54) is 19.3 Å². The number of fused-ring (bicyclic) bond motifs is 6. The van der Waals surface area contributed by atoms with E-state index >= 15 is 0 Å². The third-order valence-corrected chi connectivity index (χ3v) is 11.5. The van der Waals surface area contributed by atoms with Gasteiger partial charge in [-0.2, -0.15) is 0 Å². The van der Waals surface area contributed by atoms with Crippen LogP contribution in [0.4, 0.5) is 0 Å². The molecule has 0 amide bonds. The van der Waals surface area contributed by atoms with E-state index in [9.17, 15) is 9.90 Å². The van der Waals surface area contributed by atoms with Crippen LogP contribution < -0.4 is 4.74 Å². The zero-order chi connectivity index (χ0) is 26.0. The van der Waals surface area contributed by atoms with Crippen molar-refractivity contribution < 1.29 is 19.4 Å². The van der Waals surface area contributed by atoms with Gasteiger partial charge in [-0.25, -0.2) is 4.68 Å². The first-order valence-corrected chi connectivity index (χ1v) is 14.3. The van der Waals surface area contributed by atoms with Gasteiger partial charge in [0.1, 0.15) is 17.8 Å². The number of rotatable bonds is 6. The second-order valence-corrected chi connectivity index (χ2v) is 13.3. The quantitative estimate of drug-likeness (QED) is 0.587. The maximum atomic E-state index is 13.8. The first-order valence-electron chi connectivity index (χ1n) is 14.3. The van der Waals surface area contributed by atoms with Crippen LogP contribution in [-0.2, 0) is 16.1 Å². The molecule has 0 aliphatic heterocycles. The van der Waals surface area contributed by atoms with Crippen LogP contribution in [0.2, 0.25) is 0 Å². The summed E-state index contributed by atoms with van der Waals surface area (Å²) < 4.78 is 13.0. The topological polar surface area (TPSA) is 86.5 Å². The molecule has 6 rings (SSSR count). The normalized spacial score (nSPS) is 41.2. The maximum absolute atomic E-state index is 13.8. The Morgan fingerprint density at radius 2 is 1.92 bits per heavy atom. The zero-order valence-electron chi connectivity index (χ0n) is 22.9. The summed E-state index contributed by atoms with van der Waals surface area (Å²) in [6, 6.07) is 5.72. The number of ether oxygens (including phenoxy) is 2. The Labute approximate surface area is 220 Å². The van der Waals surface area contributed by atoms with Crippen LogP contribution in [0.3, 0.4) is 0 Å². The Morgan fingerprint density at radius 1 is 1.08 bits per heavy atom. The van der Waals surface area contributed by atoms with Gasteiger partial charge >= 0.3 is 0 Å². The predicted octanol–water partition coefficient (Wildman–Crippen LogP) is 5.05. The van der Waals surface area contributed by atoms with Crippen LogP contribution >= 0.6 is 0 Å². The van der Waals surface area contributed by atoms with E-state index in [2.05, 4.69) is 17.2 Å². The van der Waals surface area contributed by atoms with Crippen molar-refractivity contribution in [3.05, 3.63) is 18.2 Å². The fourth-order valence-electron chi connectivity index (χ4n) is 9.77. The standard InChI is InChI=1S/C30H43N3O4/c1-28(35)13-14-30(18-36-3)19(16-28)5-7-21-22-8-9-24(29(22,2)12-11-23(21)30)27(34)17-33-26-10-6-20(37-4)15-25(26)31-32-33/h6,10,15,19,21-24,35H,5,7-9,11-14,16-18H2,1-4H3/t19-,21+,22+,23+,24-,28-,29+,30-/m1/s1. The van der Waals surface area contributed by atoms with E-state index in [0.29, 0.717) is 29.5 Å². The number of carbonyl (C=O) groups is 1. The highest BCUT2D eigenvalue weighted by Crippen LogP contribution is 2.68. The highest BCUT2D eigenvalue weighted by molar-refractivity contribution is 5.84. The van der Waals surface area contributed by atoms with Gasteiger partial charge in [-0.15, -0.1) is 5.10 Å². The molecule has 0 bridgehead atoms. The maximum Gasteiger partial charge on any atom is 0.157 e. The Bertz CT molecular complexity index is 1180. The zero-order valence-corrected chi connectivity index (χ0v) is 22.9. The fourth-order valence-corrected chi connectivity index (χ4v) is 9.77. The van der Waals surface area contributed by atoms with Gasteiger partial charge in [-0.1, -0.05) is 12.1 Å². The minimum Gasteiger partial charge on any atom is -0.497 e. The van der Waals surface area contributed by atoms with Gasteiger partial charge in [0.15, 0.2) is 5.78 Å². The molecule has 2 aromatic rings. The number of hydrogen-bond donors (Lipinski definition) is 1. The second-order valence-electron chi connectivity index (χ2n) is 13.3. The largest absolute Gasteiger partial charge is 0.497 e. The van der Waals surface area contributed by atoms with Crippen molar-refractivity contribution in [1.82, 2.24) is 15.0 Å². The summed E-state index contributed by atoms with van der Waals surface area (Å²) in [5.74, 6) is 3.57. The molecule has 8 atom stereocenters. The van der Waals surface area contributed by atoms with E-state index in [4.69, 9.17) is 9.47 Å². The van der Waals surface area contributed by atoms with E-state index in [0.717, 1.165) is 61.9 Å². The number of hydrogen-bond acceptors (Lipinski definition) is 6. The molecule has 0 radical (unpaired) electrons. The molecule has 1 aromatic carbocycles. The average Bonchev–Trinajstić information content (AvgIpc) is 3.44. The molecule has 7 heteroatoms. The second kappa shape index (κ2) is 9.04. The van der Waals surface area contributed by atoms with Crippen molar-refractivity contribution >= 4 is 16.8 Å². The van der Waals surface area contributed by atoms with E-state index in [1.807, 2.05) is 32.2 Å². The lowest BCUT2D eigenvalue weighted by atomic mass is 9.43. The SMILES string of the molecule is COC[C@]12CC[C@@](C)(O)C[C@H]1CC[C@H]1[C@@H]3CC[C@H](C(=O)Cn4nnc5cc(OC)ccc54)[C@@]3(C)CC[C@@H]12. The number of Topliss-reactive ketones (excluding diaryl/α,β-unsaturated/α-hetero) is 1. The highest BCUT2D eigenvalue weighted by Gasteiger charge is 2.63. The Balaban J connectivity index is 1.22. The molecular formula is C30H43N3O4. The Morgan fingerprint density at radius 3 is 2.70 bits per heavy atom. The third-order valence-electron chi connectivity index (χ3n) is 11.5. The molecule has 7 nitrogen and oxygen atoms in total. The molecule has 202 valence electrons. The van der Waals surface area contributed by atoms with Crippen molar-refractivity contribution in [3.63, 3.8) is 0 Å². The molecule has 1 aromatic heterocycles. The van der Waals surface area contributed by atoms with Crippen LogP contribution in [0.5, 0.6) is 5.75 Å². The van der Waals surface area contributed by atoms with Crippen LogP contribution in [0.25, 0.3) is 11.0 Å². The van der Waals surface area contributed by atoms with E-state index in [-0.39, 0.29) is 23.3 Å². The minimum atomic E-state index is -0.542. The summed E-state index contributed by atoms with van der Waals surface area (Å²) in [5.41, 5.74) is 1.34. The van der Waals surface area contributed by atoms with Crippen LogP contribution in [0, 0.1) is 40.4 Å². The number of carbonyl (C=O) groups excluding carboxylic acids is 1. The number of methoxy groups -OCH3 is 2. The van der Waals surface area contributed by atoms with Crippen LogP contribution in [-0.4, -0.2) is 52.3 Å². The monoisotopic (exact) mass is 509 g/mol. The molecular weight excluding hydrogens is 466 g/mol. The van der Waals surface area contributed by atoms with Crippen LogP contribution in [0.1, 0.15) is 71.6 Å². The third kappa shape index (κ3) is 3.94. The number of ketones is 1. The van der Waals surface area contributed by atoms with Gasteiger partial charge in [0.05, 0.1) is 24.8 Å². The number of nitrogens with zero attached hydrogens (tertiary/aromatic N) is 3. The summed E-state index contributed by atoms with van der Waals surface area (Å²) in [6.45, 7) is 5.53. The first-order chi connectivity index (χ1) is 17.7. The molecule has 1 heterocycles. The lowest BCUT2D eigenvalue weighted by Gasteiger charge is -2.62. The number of aliphatic hydroxyl groups is 1. The van der Waals surface area contributed by atoms with E-state index < -0.39 is 5.60 Å². The first kappa shape index (κ1) is 25.3. The van der Waals surface area contributed by atoms with Gasteiger partial charge in [-0.3, -0.25) is 4.79 Å². The van der Waals surface area contributed by atoms with Crippen molar-refractivity contribution in [2.24, 2.45) is 40.4 Å². The molecule has 0 saturated heterocycles. The molecule has 0 spiro atoms. The summed E-state index contributed by atoms with van der Waals surface area (Å²) in [6.07, 6.45) is 9.67. The molecule has 4 aliphatic carbocycles. The van der Waals surface area contributed by atoms with Gasteiger partial charge < -0.3 is 14.6 Å². The van der Waals surface area contributed by atoms with Gasteiger partial charge in [0.25, 0.3) is 0 Å². The van der Waals surface area contributed by atoms with Gasteiger partial charge in [-0.05, 0) is 111 Å². The number of benzene rings is 1. The molecule has 1 N–H and O–H groups in total. The predicted molar refractivity (Wildman–Crippen MR) is 141 cm³/mol. The summed E-state index contributed by atoms with van der Waals surface area (Å²) >= 11 is 0. The van der Waals surface area contributed by atoms with Gasteiger partial charge in [0, 0.05) is 19.1 Å². The lowest BCUT2D eigenvalue weighted by molar-refractivity contribution is -0.175. The molecule has 4 saturated carbocycles. The minimum absolute atomic E-state index is 0.0547. The van der Waals surface area contributed by atoms with Crippen molar-refractivity contribution in [1.29, 1.82) is 0 Å². The highest BCUT2D eigenvalue weighted by atomic mass is 16.5. The molecule has 4 fully saturated rings. The van der Waals surface area contributed by atoms with Crippen molar-refractivity contribution in [2.45, 2.75) is 83.8 Å². The summed E-state index contributed by atoms with van der Waals surface area (Å²) in [4.78, 5) is 13.8. The fraction of sp³-hybridized carbons (Fsp3) is 0.767. The van der Waals surface area contributed by atoms with Crippen LogP contribution in [0.15, 0.2) is 18.2 Å². The Kier molecular flexibility index (Phi) is 6.18. The molecule has 37 heavy (non-hydrogen) atoms. The van der Waals surface area contributed by atoms with Crippen molar-refractivity contribution in [2.75, 3.05) is 20.8 Å². The number of aromatic nitrogens is 3. The summed E-state index contributed by atoms with van der Waals surface area (Å²) in [5, 5.41) is 19.5. The molecule has 4 aliphatic rings. The van der Waals surface area contributed by atoms with Gasteiger partial charge in [0.2, 0.25) is 0 Å². The smallest absolute Gasteiger partial charge is 0.157 e. The van der Waals surface area contributed by atoms with Crippen molar-refractivity contribution in [3.8, 4) is 5.75 Å². The molecule has 0 unspecified atom stereocenters. The lowest BCUT2D eigenvalue weighted by Crippen LogP contribution is -2.58. The van der Waals surface area contributed by atoms with E-state index in [1.54, 1.807) is 11.8 Å². The summed E-state index contributed by atoms with van der Waals surface area (Å²) in [7, 11) is 3.49.